The van der Waals surface area contributed by atoms with Crippen molar-refractivity contribution < 1.29 is 27.5 Å². The Morgan fingerprint density at radius 1 is 0.960 bits per heavy atom. The van der Waals surface area contributed by atoms with Crippen LogP contribution < -0.4 is 0 Å². The summed E-state index contributed by atoms with van der Waals surface area (Å²) in [6.07, 6.45) is 1.95. The first-order valence-corrected chi connectivity index (χ1v) is 11.6. The predicted molar refractivity (Wildman–Crippen MR) is 99.8 cm³/mol. The van der Waals surface area contributed by atoms with Crippen LogP contribution in [0.1, 0.15) is 47.5 Å². The fraction of sp³-hybridized carbons (Fsp3) is 1.00. The summed E-state index contributed by atoms with van der Waals surface area (Å²) < 4.78 is 34.9. The maximum atomic E-state index is 5.95. The third kappa shape index (κ3) is 8.47. The van der Waals surface area contributed by atoms with Gasteiger partial charge in [0.15, 0.2) is 0 Å². The molecule has 0 aromatic rings. The molecule has 1 aliphatic rings. The van der Waals surface area contributed by atoms with Crippen LogP contribution in [-0.2, 0) is 27.5 Å². The van der Waals surface area contributed by atoms with Gasteiger partial charge in [-0.15, -0.1) is 0 Å². The van der Waals surface area contributed by atoms with Crippen molar-refractivity contribution in [1.82, 2.24) is 0 Å². The Labute approximate surface area is 154 Å². The van der Waals surface area contributed by atoms with Crippen LogP contribution in [0.25, 0.3) is 0 Å². The summed E-state index contributed by atoms with van der Waals surface area (Å²) in [4.78, 5) is 0. The second kappa shape index (κ2) is 12.4. The van der Waals surface area contributed by atoms with Gasteiger partial charge < -0.3 is 27.5 Å². The Balaban J connectivity index is 2.43. The summed E-state index contributed by atoms with van der Waals surface area (Å²) in [5.41, 5.74) is 0.209. The first kappa shape index (κ1) is 23.0. The topological polar surface area (TPSA) is 55.4 Å². The SMILES string of the molecule is CCOC(CCCOCC1(C)COC1)C[Si](OCC)(OCC)OCC. The molecule has 1 heterocycles. The zero-order valence-corrected chi connectivity index (χ0v) is 17.8. The standard InChI is InChI=1S/C18H38O6Si/c1-6-21-17(11-10-12-19-14-18(5)15-20-16-18)13-25(22-7-2,23-8-3)24-9-4/h17H,6-16H2,1-5H3. The highest BCUT2D eigenvalue weighted by atomic mass is 28.4. The second-order valence-corrected chi connectivity index (χ2v) is 9.40. The van der Waals surface area contributed by atoms with E-state index in [2.05, 4.69) is 6.92 Å². The van der Waals surface area contributed by atoms with Gasteiger partial charge in [-0.25, -0.2) is 0 Å². The fourth-order valence-corrected chi connectivity index (χ4v) is 5.79. The van der Waals surface area contributed by atoms with E-state index in [1.165, 1.54) is 0 Å². The molecule has 1 saturated heterocycles. The van der Waals surface area contributed by atoms with Crippen molar-refractivity contribution >= 4 is 8.80 Å². The van der Waals surface area contributed by atoms with Gasteiger partial charge in [-0.05, 0) is 40.5 Å². The molecule has 1 aliphatic heterocycles. The van der Waals surface area contributed by atoms with Crippen molar-refractivity contribution in [2.24, 2.45) is 5.41 Å². The van der Waals surface area contributed by atoms with E-state index < -0.39 is 8.80 Å². The molecule has 7 heteroatoms. The Kier molecular flexibility index (Phi) is 11.4. The average Bonchev–Trinajstić information content (AvgIpc) is 2.53. The van der Waals surface area contributed by atoms with Crippen LogP contribution >= 0.6 is 0 Å². The number of rotatable bonds is 16. The van der Waals surface area contributed by atoms with Gasteiger partial charge in [-0.1, -0.05) is 6.92 Å². The third-order valence-corrected chi connectivity index (χ3v) is 7.28. The molecule has 0 N–H and O–H groups in total. The van der Waals surface area contributed by atoms with Crippen molar-refractivity contribution in [3.05, 3.63) is 0 Å². The highest BCUT2D eigenvalue weighted by Gasteiger charge is 2.43. The van der Waals surface area contributed by atoms with E-state index in [9.17, 15) is 0 Å². The lowest BCUT2D eigenvalue weighted by atomic mass is 9.90. The van der Waals surface area contributed by atoms with Crippen molar-refractivity contribution in [2.75, 3.05) is 52.9 Å². The summed E-state index contributed by atoms with van der Waals surface area (Å²) >= 11 is 0. The fourth-order valence-electron chi connectivity index (χ4n) is 2.99. The lowest BCUT2D eigenvalue weighted by Gasteiger charge is -2.37. The van der Waals surface area contributed by atoms with Gasteiger partial charge in [0.05, 0.1) is 25.9 Å². The van der Waals surface area contributed by atoms with Gasteiger partial charge in [-0.2, -0.15) is 0 Å². The van der Waals surface area contributed by atoms with Gasteiger partial charge in [-0.3, -0.25) is 0 Å². The highest BCUT2D eigenvalue weighted by Crippen LogP contribution is 2.27. The molecule has 0 aliphatic carbocycles. The maximum Gasteiger partial charge on any atom is 0.503 e. The maximum absolute atomic E-state index is 5.95. The summed E-state index contributed by atoms with van der Waals surface area (Å²) in [5.74, 6) is 0. The molecule has 0 amide bonds. The second-order valence-electron chi connectivity index (χ2n) is 6.76. The van der Waals surface area contributed by atoms with E-state index in [0.29, 0.717) is 32.5 Å². The Morgan fingerprint density at radius 2 is 1.56 bits per heavy atom. The largest absolute Gasteiger partial charge is 0.503 e. The van der Waals surface area contributed by atoms with Gasteiger partial charge in [0.1, 0.15) is 0 Å². The molecule has 1 fully saturated rings. The average molecular weight is 379 g/mol. The quantitative estimate of drug-likeness (QED) is 0.303. The molecular weight excluding hydrogens is 340 g/mol. The first-order chi connectivity index (χ1) is 12.0. The van der Waals surface area contributed by atoms with Gasteiger partial charge >= 0.3 is 8.80 Å². The molecule has 1 atom stereocenters. The Bertz CT molecular complexity index is 321. The molecule has 150 valence electrons. The summed E-state index contributed by atoms with van der Waals surface area (Å²) in [7, 11) is -2.67. The number of hydrogen-bond acceptors (Lipinski definition) is 6. The molecular formula is C18H38O6Si. The van der Waals surface area contributed by atoms with Crippen LogP contribution in [0.2, 0.25) is 6.04 Å². The van der Waals surface area contributed by atoms with Crippen molar-refractivity contribution in [2.45, 2.75) is 59.6 Å². The van der Waals surface area contributed by atoms with Crippen molar-refractivity contribution in [3.63, 3.8) is 0 Å². The minimum Gasteiger partial charge on any atom is -0.381 e. The summed E-state index contributed by atoms with van der Waals surface area (Å²) in [6, 6.07) is 0.696. The lowest BCUT2D eigenvalue weighted by Crippen LogP contribution is -2.49. The first-order valence-electron chi connectivity index (χ1n) is 9.72. The summed E-state index contributed by atoms with van der Waals surface area (Å²) in [6.45, 7) is 15.7. The molecule has 0 aromatic carbocycles. The molecule has 0 bridgehead atoms. The zero-order valence-electron chi connectivity index (χ0n) is 16.8. The van der Waals surface area contributed by atoms with Crippen molar-refractivity contribution in [3.8, 4) is 0 Å². The Hall–Kier alpha value is -0.0231. The lowest BCUT2D eigenvalue weighted by molar-refractivity contribution is -0.138. The third-order valence-electron chi connectivity index (χ3n) is 4.14. The van der Waals surface area contributed by atoms with Gasteiger partial charge in [0.2, 0.25) is 0 Å². The molecule has 0 spiro atoms. The number of ether oxygens (including phenoxy) is 3. The van der Waals surface area contributed by atoms with E-state index in [-0.39, 0.29) is 11.5 Å². The smallest absolute Gasteiger partial charge is 0.381 e. The number of hydrogen-bond donors (Lipinski definition) is 0. The molecule has 0 saturated carbocycles. The van der Waals surface area contributed by atoms with Crippen LogP contribution in [0.5, 0.6) is 0 Å². The minimum atomic E-state index is -2.67. The molecule has 0 radical (unpaired) electrons. The van der Waals surface area contributed by atoms with E-state index in [1.54, 1.807) is 0 Å². The zero-order chi connectivity index (χ0) is 18.6. The Morgan fingerprint density at radius 3 is 2.00 bits per heavy atom. The van der Waals surface area contributed by atoms with Gasteiger partial charge in [0.25, 0.3) is 0 Å². The van der Waals surface area contributed by atoms with E-state index in [4.69, 9.17) is 27.5 Å². The molecule has 1 unspecified atom stereocenters. The summed E-state index contributed by atoms with van der Waals surface area (Å²) in [5, 5.41) is 0. The van der Waals surface area contributed by atoms with E-state index in [0.717, 1.165) is 39.3 Å². The normalized spacial score (nSPS) is 18.1. The van der Waals surface area contributed by atoms with Crippen molar-refractivity contribution in [1.29, 1.82) is 0 Å². The van der Waals surface area contributed by atoms with Crippen LogP contribution in [0.4, 0.5) is 0 Å². The highest BCUT2D eigenvalue weighted by molar-refractivity contribution is 6.60. The molecule has 1 rings (SSSR count). The van der Waals surface area contributed by atoms with Crippen LogP contribution in [0, 0.1) is 5.41 Å². The van der Waals surface area contributed by atoms with Crippen LogP contribution in [0.3, 0.4) is 0 Å². The minimum absolute atomic E-state index is 0.0764. The van der Waals surface area contributed by atoms with Gasteiger partial charge in [0, 0.05) is 44.5 Å². The molecule has 25 heavy (non-hydrogen) atoms. The molecule has 6 nitrogen and oxygen atoms in total. The van der Waals surface area contributed by atoms with E-state index >= 15 is 0 Å². The molecule has 0 aromatic heterocycles. The van der Waals surface area contributed by atoms with Crippen LogP contribution in [-0.4, -0.2) is 67.8 Å². The van der Waals surface area contributed by atoms with Crippen LogP contribution in [0.15, 0.2) is 0 Å². The monoisotopic (exact) mass is 378 g/mol. The van der Waals surface area contributed by atoms with E-state index in [1.807, 2.05) is 27.7 Å². The predicted octanol–water partition coefficient (Wildman–Crippen LogP) is 3.27.